The van der Waals surface area contributed by atoms with Crippen LogP contribution in [0.15, 0.2) is 22.7 Å². The summed E-state index contributed by atoms with van der Waals surface area (Å²) in [6.07, 6.45) is 0.521. The number of aromatic nitrogens is 2. The van der Waals surface area contributed by atoms with Gasteiger partial charge in [0, 0.05) is 28.9 Å². The number of amides is 2. The highest BCUT2D eigenvalue weighted by Gasteiger charge is 2.38. The molecule has 0 unspecified atom stereocenters. The molecule has 26 heavy (non-hydrogen) atoms. The van der Waals surface area contributed by atoms with Crippen molar-refractivity contribution in [3.8, 4) is 0 Å². The highest BCUT2D eigenvalue weighted by Crippen LogP contribution is 2.31. The van der Waals surface area contributed by atoms with Crippen LogP contribution in [0.1, 0.15) is 12.8 Å². The van der Waals surface area contributed by atoms with Crippen molar-refractivity contribution < 1.29 is 18.0 Å². The van der Waals surface area contributed by atoms with Gasteiger partial charge in [-0.1, -0.05) is 15.9 Å². The second-order valence-electron chi connectivity index (χ2n) is 6.75. The first-order chi connectivity index (χ1) is 12.3. The molecule has 138 valence electrons. The van der Waals surface area contributed by atoms with Gasteiger partial charge in [0.25, 0.3) is 0 Å². The van der Waals surface area contributed by atoms with Crippen LogP contribution in [-0.2, 0) is 19.4 Å². The Morgan fingerprint density at radius 1 is 1.38 bits per heavy atom. The van der Waals surface area contributed by atoms with Gasteiger partial charge >= 0.3 is 0 Å². The number of nitrogens with one attached hydrogen (secondary N) is 2. The zero-order valence-corrected chi connectivity index (χ0v) is 16.1. The Balaban J connectivity index is 1.49. The van der Waals surface area contributed by atoms with E-state index in [4.69, 9.17) is 0 Å². The molecular formula is C16H17BrN4O4S. The number of hydrogen-bond acceptors (Lipinski definition) is 5. The van der Waals surface area contributed by atoms with E-state index in [1.165, 1.54) is 4.90 Å². The lowest BCUT2D eigenvalue weighted by molar-refractivity contribution is -0.126. The monoisotopic (exact) mass is 440 g/mol. The molecule has 0 radical (unpaired) electrons. The van der Waals surface area contributed by atoms with Crippen LogP contribution in [-0.4, -0.2) is 54.5 Å². The Bertz CT molecular complexity index is 1000. The number of rotatable bonds is 3. The predicted octanol–water partition coefficient (Wildman–Crippen LogP) is 0.982. The first kappa shape index (κ1) is 17.5. The van der Waals surface area contributed by atoms with Gasteiger partial charge in [0.05, 0.1) is 22.9 Å². The van der Waals surface area contributed by atoms with Gasteiger partial charge < -0.3 is 5.32 Å². The molecule has 0 aliphatic carbocycles. The largest absolute Gasteiger partial charge is 0.352 e. The number of halogens is 1. The van der Waals surface area contributed by atoms with E-state index in [0.717, 1.165) is 15.4 Å². The normalized spacial score (nSPS) is 25.1. The average molecular weight is 441 g/mol. The third-order valence-corrected chi connectivity index (χ3v) is 7.10. The van der Waals surface area contributed by atoms with Gasteiger partial charge in [-0.3, -0.25) is 19.6 Å². The summed E-state index contributed by atoms with van der Waals surface area (Å²) in [6, 6.07) is 5.24. The van der Waals surface area contributed by atoms with E-state index in [0.29, 0.717) is 12.2 Å². The molecule has 2 fully saturated rings. The van der Waals surface area contributed by atoms with Gasteiger partial charge in [0.1, 0.15) is 0 Å². The van der Waals surface area contributed by atoms with Crippen LogP contribution >= 0.6 is 15.9 Å². The van der Waals surface area contributed by atoms with E-state index < -0.39 is 15.8 Å². The van der Waals surface area contributed by atoms with E-state index in [1.54, 1.807) is 0 Å². The zero-order chi connectivity index (χ0) is 18.5. The van der Waals surface area contributed by atoms with Gasteiger partial charge in [0.15, 0.2) is 15.7 Å². The van der Waals surface area contributed by atoms with Crippen LogP contribution in [0.25, 0.3) is 10.9 Å². The Hall–Kier alpha value is -1.94. The summed E-state index contributed by atoms with van der Waals surface area (Å²) < 4.78 is 23.9. The lowest BCUT2D eigenvalue weighted by Gasteiger charge is -2.16. The highest BCUT2D eigenvalue weighted by molar-refractivity contribution is 9.10. The number of carbonyl (C=O) groups excluding carboxylic acids is 2. The first-order valence-corrected chi connectivity index (χ1v) is 10.9. The van der Waals surface area contributed by atoms with Crippen LogP contribution < -0.4 is 10.2 Å². The third kappa shape index (κ3) is 3.23. The number of aromatic amines is 1. The number of nitrogens with zero attached hydrogens (tertiary/aromatic N) is 2. The molecule has 4 rings (SSSR count). The van der Waals surface area contributed by atoms with E-state index in [9.17, 15) is 18.0 Å². The van der Waals surface area contributed by atoms with Crippen molar-refractivity contribution >= 4 is 54.3 Å². The van der Waals surface area contributed by atoms with Crippen molar-refractivity contribution in [1.29, 1.82) is 0 Å². The van der Waals surface area contributed by atoms with Crippen LogP contribution in [0.4, 0.5) is 5.82 Å². The minimum Gasteiger partial charge on any atom is -0.352 e. The molecule has 8 nitrogen and oxygen atoms in total. The van der Waals surface area contributed by atoms with Crippen molar-refractivity contribution in [3.05, 3.63) is 22.7 Å². The molecule has 2 N–H and O–H groups in total. The topological polar surface area (TPSA) is 112 Å². The lowest BCUT2D eigenvalue weighted by Crippen LogP contribution is -2.40. The molecule has 1 aromatic carbocycles. The lowest BCUT2D eigenvalue weighted by atomic mass is 10.1. The number of hydrogen-bond donors (Lipinski definition) is 2. The Kier molecular flexibility index (Phi) is 4.26. The Morgan fingerprint density at radius 2 is 2.19 bits per heavy atom. The quantitative estimate of drug-likeness (QED) is 0.738. The highest BCUT2D eigenvalue weighted by atomic mass is 79.9. The summed E-state index contributed by atoms with van der Waals surface area (Å²) in [5.41, 5.74) is 0.797. The summed E-state index contributed by atoms with van der Waals surface area (Å²) in [6.45, 7) is 0.236. The molecule has 2 saturated heterocycles. The molecule has 0 bridgehead atoms. The number of H-pyrrole nitrogens is 1. The summed E-state index contributed by atoms with van der Waals surface area (Å²) in [4.78, 5) is 26.4. The molecule has 0 saturated carbocycles. The summed E-state index contributed by atoms with van der Waals surface area (Å²) in [7, 11) is -3.06. The van der Waals surface area contributed by atoms with Crippen molar-refractivity contribution in [2.45, 2.75) is 18.9 Å². The molecule has 2 aromatic rings. The van der Waals surface area contributed by atoms with Crippen LogP contribution in [0, 0.1) is 5.92 Å². The minimum absolute atomic E-state index is 0.0258. The summed E-state index contributed by atoms with van der Waals surface area (Å²) >= 11 is 3.39. The van der Waals surface area contributed by atoms with E-state index in [-0.39, 0.29) is 42.3 Å². The number of anilines is 1. The summed E-state index contributed by atoms with van der Waals surface area (Å²) in [5.74, 6) is -0.361. The molecular weight excluding hydrogens is 424 g/mol. The van der Waals surface area contributed by atoms with Gasteiger partial charge in [0.2, 0.25) is 11.8 Å². The van der Waals surface area contributed by atoms with Crippen molar-refractivity contribution in [2.24, 2.45) is 5.92 Å². The van der Waals surface area contributed by atoms with E-state index in [2.05, 4.69) is 31.4 Å². The Labute approximate surface area is 158 Å². The van der Waals surface area contributed by atoms with Crippen molar-refractivity contribution in [2.75, 3.05) is 23.0 Å². The van der Waals surface area contributed by atoms with Crippen LogP contribution in [0.3, 0.4) is 0 Å². The molecule has 2 atom stereocenters. The van der Waals surface area contributed by atoms with Gasteiger partial charge in [-0.05, 0) is 24.6 Å². The number of sulfone groups is 1. The molecule has 0 spiro atoms. The Morgan fingerprint density at radius 3 is 2.92 bits per heavy atom. The van der Waals surface area contributed by atoms with Gasteiger partial charge in [-0.25, -0.2) is 8.42 Å². The maximum absolute atomic E-state index is 12.5. The minimum atomic E-state index is -3.06. The third-order valence-electron chi connectivity index (χ3n) is 4.84. The fourth-order valence-electron chi connectivity index (χ4n) is 3.50. The molecule has 2 amide bonds. The molecule has 2 aliphatic rings. The average Bonchev–Trinajstić information content (AvgIpc) is 3.24. The fourth-order valence-corrected chi connectivity index (χ4v) is 5.53. The second kappa shape index (κ2) is 6.34. The maximum atomic E-state index is 12.5. The molecule has 10 heteroatoms. The van der Waals surface area contributed by atoms with Gasteiger partial charge in [-0.15, -0.1) is 0 Å². The second-order valence-corrected chi connectivity index (χ2v) is 9.90. The van der Waals surface area contributed by atoms with Crippen LogP contribution in [0.5, 0.6) is 0 Å². The van der Waals surface area contributed by atoms with E-state index >= 15 is 0 Å². The maximum Gasteiger partial charge on any atom is 0.229 e. The SMILES string of the molecule is O=C(N[C@@H]1CCS(=O)(=O)C1)[C@H]1CC(=O)N(c2n[nH]c3cc(Br)ccc23)C1. The number of fused-ring (bicyclic) bond motifs is 1. The van der Waals surface area contributed by atoms with Crippen LogP contribution in [0.2, 0.25) is 0 Å². The van der Waals surface area contributed by atoms with E-state index in [1.807, 2.05) is 18.2 Å². The number of carbonyl (C=O) groups is 2. The first-order valence-electron chi connectivity index (χ1n) is 8.27. The molecule has 1 aromatic heterocycles. The predicted molar refractivity (Wildman–Crippen MR) is 99.5 cm³/mol. The van der Waals surface area contributed by atoms with Crippen molar-refractivity contribution in [3.63, 3.8) is 0 Å². The standard InChI is InChI=1S/C16H17BrN4O4S/c17-10-1-2-12-13(6-10)19-20-15(12)21-7-9(5-14(21)22)16(23)18-11-3-4-26(24,25)8-11/h1-2,6,9,11H,3-5,7-8H2,(H,18,23)(H,19,20)/t9-,11+/m0/s1. The molecule has 3 heterocycles. The number of benzene rings is 1. The summed E-state index contributed by atoms with van der Waals surface area (Å²) in [5, 5.41) is 10.7. The van der Waals surface area contributed by atoms with Gasteiger partial charge in [-0.2, -0.15) is 5.10 Å². The fraction of sp³-hybridized carbons (Fsp3) is 0.438. The molecule has 2 aliphatic heterocycles. The smallest absolute Gasteiger partial charge is 0.229 e. The zero-order valence-electron chi connectivity index (χ0n) is 13.7. The van der Waals surface area contributed by atoms with Crippen molar-refractivity contribution in [1.82, 2.24) is 15.5 Å².